The van der Waals surface area contributed by atoms with Crippen LogP contribution in [0.3, 0.4) is 0 Å². The van der Waals surface area contributed by atoms with Gasteiger partial charge in [0.05, 0.1) is 12.5 Å². The van der Waals surface area contributed by atoms with Crippen molar-refractivity contribution in [2.24, 2.45) is 5.41 Å². The predicted molar refractivity (Wildman–Crippen MR) is 49.0 cm³/mol. The topological polar surface area (TPSA) is 64.9 Å². The molecule has 0 aromatic heterocycles. The van der Waals surface area contributed by atoms with E-state index in [0.29, 0.717) is 19.0 Å². The normalized spacial score (nSPS) is 23.0. The average Bonchev–Trinajstić information content (AvgIpc) is 2.59. The highest BCUT2D eigenvalue weighted by Gasteiger charge is 2.46. The van der Waals surface area contributed by atoms with Crippen LogP contribution in [0.1, 0.15) is 26.7 Å². The van der Waals surface area contributed by atoms with Crippen molar-refractivity contribution in [1.82, 2.24) is 10.6 Å². The van der Waals surface area contributed by atoms with Gasteiger partial charge in [0.15, 0.2) is 0 Å². The van der Waals surface area contributed by atoms with E-state index in [-0.39, 0.29) is 11.4 Å². The summed E-state index contributed by atoms with van der Waals surface area (Å²) >= 11 is 0. The van der Waals surface area contributed by atoms with Gasteiger partial charge < -0.3 is 10.6 Å². The highest BCUT2D eigenvalue weighted by atomic mass is 16.2. The number of hydrogen-bond acceptors (Lipinski definition) is 2. The molecule has 72 valence electrons. The van der Waals surface area contributed by atoms with Crippen molar-refractivity contribution in [3.63, 3.8) is 0 Å². The summed E-state index contributed by atoms with van der Waals surface area (Å²) in [5, 5.41) is 13.7. The average molecular weight is 181 g/mol. The Bertz CT molecular complexity index is 242. The van der Waals surface area contributed by atoms with Gasteiger partial charge in [-0.15, -0.1) is 0 Å². The first-order valence-electron chi connectivity index (χ1n) is 4.47. The van der Waals surface area contributed by atoms with Crippen LogP contribution in [-0.4, -0.2) is 18.6 Å². The van der Waals surface area contributed by atoms with Crippen molar-refractivity contribution in [3.05, 3.63) is 0 Å². The summed E-state index contributed by atoms with van der Waals surface area (Å²) in [6, 6.07) is 2.11. The van der Waals surface area contributed by atoms with E-state index in [2.05, 4.69) is 24.5 Å². The van der Waals surface area contributed by atoms with E-state index in [1.165, 1.54) is 0 Å². The maximum absolute atomic E-state index is 11.1. The van der Waals surface area contributed by atoms with Gasteiger partial charge in [-0.3, -0.25) is 0 Å². The second kappa shape index (κ2) is 3.65. The number of nitrogens with zero attached hydrogens (tertiary/aromatic N) is 1. The van der Waals surface area contributed by atoms with Crippen molar-refractivity contribution in [2.45, 2.75) is 32.7 Å². The molecule has 0 aromatic carbocycles. The summed E-state index contributed by atoms with van der Waals surface area (Å²) < 4.78 is 0. The van der Waals surface area contributed by atoms with Crippen LogP contribution in [0.4, 0.5) is 4.79 Å². The summed E-state index contributed by atoms with van der Waals surface area (Å²) in [7, 11) is 0. The molecule has 0 saturated heterocycles. The molecular weight excluding hydrogens is 166 g/mol. The third-order valence-electron chi connectivity index (χ3n) is 2.34. The standard InChI is InChI=1S/C9H15N3O/c1-9(2)6-7(9)12-8(13)11-5-3-4-10/h7H,3,5-6H2,1-2H3,(H2,11,12,13). The molecule has 0 aromatic rings. The summed E-state index contributed by atoms with van der Waals surface area (Å²) in [6.07, 6.45) is 1.40. The number of hydrogen-bond donors (Lipinski definition) is 2. The van der Waals surface area contributed by atoms with E-state index < -0.39 is 0 Å². The molecule has 0 bridgehead atoms. The third-order valence-corrected chi connectivity index (χ3v) is 2.34. The molecule has 4 heteroatoms. The SMILES string of the molecule is CC1(C)CC1NC(=O)NCCC#N. The molecule has 1 rings (SSSR count). The molecular formula is C9H15N3O. The second-order valence-corrected chi connectivity index (χ2v) is 4.05. The highest BCUT2D eigenvalue weighted by molar-refractivity contribution is 5.74. The lowest BCUT2D eigenvalue weighted by Crippen LogP contribution is -2.38. The minimum Gasteiger partial charge on any atom is -0.337 e. The molecule has 4 nitrogen and oxygen atoms in total. The van der Waals surface area contributed by atoms with Gasteiger partial charge in [-0.2, -0.15) is 5.26 Å². The Morgan fingerprint density at radius 2 is 2.31 bits per heavy atom. The molecule has 1 atom stereocenters. The molecule has 0 heterocycles. The number of nitriles is 1. The molecule has 0 radical (unpaired) electrons. The molecule has 1 saturated carbocycles. The number of amides is 2. The fourth-order valence-corrected chi connectivity index (χ4v) is 1.15. The highest BCUT2D eigenvalue weighted by Crippen LogP contribution is 2.44. The van der Waals surface area contributed by atoms with Crippen LogP contribution in [0.5, 0.6) is 0 Å². The van der Waals surface area contributed by atoms with E-state index >= 15 is 0 Å². The van der Waals surface area contributed by atoms with Crippen LogP contribution < -0.4 is 10.6 Å². The Kier molecular flexibility index (Phi) is 2.76. The van der Waals surface area contributed by atoms with E-state index in [1.54, 1.807) is 0 Å². The molecule has 0 aliphatic heterocycles. The zero-order valence-electron chi connectivity index (χ0n) is 8.05. The van der Waals surface area contributed by atoms with Crippen LogP contribution in [0.2, 0.25) is 0 Å². The lowest BCUT2D eigenvalue weighted by atomic mass is 10.2. The Morgan fingerprint density at radius 3 is 2.77 bits per heavy atom. The Balaban J connectivity index is 2.10. The Morgan fingerprint density at radius 1 is 1.69 bits per heavy atom. The van der Waals surface area contributed by atoms with E-state index in [4.69, 9.17) is 5.26 Å². The summed E-state index contributed by atoms with van der Waals surface area (Å²) in [6.45, 7) is 4.66. The van der Waals surface area contributed by atoms with Gasteiger partial charge in [0.2, 0.25) is 0 Å². The largest absolute Gasteiger partial charge is 0.337 e. The first kappa shape index (κ1) is 9.85. The van der Waals surface area contributed by atoms with Crippen molar-refractivity contribution >= 4 is 6.03 Å². The third kappa shape index (κ3) is 2.94. The number of carbonyl (C=O) groups excluding carboxylic acids is 1. The van der Waals surface area contributed by atoms with Crippen molar-refractivity contribution in [2.75, 3.05) is 6.54 Å². The van der Waals surface area contributed by atoms with Crippen LogP contribution in [0, 0.1) is 16.7 Å². The maximum Gasteiger partial charge on any atom is 0.315 e. The van der Waals surface area contributed by atoms with Crippen molar-refractivity contribution in [3.8, 4) is 6.07 Å². The van der Waals surface area contributed by atoms with Gasteiger partial charge in [0.1, 0.15) is 0 Å². The molecule has 0 spiro atoms. The fraction of sp³-hybridized carbons (Fsp3) is 0.778. The van der Waals surface area contributed by atoms with Gasteiger partial charge in [-0.1, -0.05) is 13.8 Å². The Labute approximate surface area is 78.3 Å². The number of nitrogens with one attached hydrogen (secondary N) is 2. The predicted octanol–water partition coefficient (Wildman–Crippen LogP) is 0.998. The first-order valence-corrected chi connectivity index (χ1v) is 4.47. The van der Waals surface area contributed by atoms with Gasteiger partial charge in [0.25, 0.3) is 0 Å². The van der Waals surface area contributed by atoms with Crippen molar-refractivity contribution < 1.29 is 4.79 Å². The van der Waals surface area contributed by atoms with Gasteiger partial charge in [0, 0.05) is 12.6 Å². The van der Waals surface area contributed by atoms with Gasteiger partial charge in [-0.25, -0.2) is 4.79 Å². The van der Waals surface area contributed by atoms with Crippen LogP contribution >= 0.6 is 0 Å². The molecule has 1 unspecified atom stereocenters. The lowest BCUT2D eigenvalue weighted by molar-refractivity contribution is 0.239. The van der Waals surface area contributed by atoms with E-state index in [9.17, 15) is 4.79 Å². The summed E-state index contributed by atoms with van der Waals surface area (Å²) in [5.74, 6) is 0. The summed E-state index contributed by atoms with van der Waals surface area (Å²) in [4.78, 5) is 11.1. The monoisotopic (exact) mass is 181 g/mol. The molecule has 13 heavy (non-hydrogen) atoms. The molecule has 1 fully saturated rings. The van der Waals surface area contributed by atoms with Crippen LogP contribution in [-0.2, 0) is 0 Å². The molecule has 2 N–H and O–H groups in total. The first-order chi connectivity index (χ1) is 6.06. The molecule has 1 aliphatic carbocycles. The van der Waals surface area contributed by atoms with Gasteiger partial charge >= 0.3 is 6.03 Å². The summed E-state index contributed by atoms with van der Waals surface area (Å²) in [5.41, 5.74) is 0.257. The lowest BCUT2D eigenvalue weighted by Gasteiger charge is -2.07. The second-order valence-electron chi connectivity index (χ2n) is 4.05. The van der Waals surface area contributed by atoms with Crippen LogP contribution in [0.15, 0.2) is 0 Å². The number of rotatable bonds is 3. The number of urea groups is 1. The zero-order valence-corrected chi connectivity index (χ0v) is 8.05. The minimum atomic E-state index is -0.161. The molecule has 1 aliphatic rings. The quantitative estimate of drug-likeness (QED) is 0.638. The minimum absolute atomic E-state index is 0.161. The maximum atomic E-state index is 11.1. The zero-order chi connectivity index (χ0) is 9.90. The van der Waals surface area contributed by atoms with Crippen molar-refractivity contribution in [1.29, 1.82) is 5.26 Å². The van der Waals surface area contributed by atoms with E-state index in [0.717, 1.165) is 6.42 Å². The fourth-order valence-electron chi connectivity index (χ4n) is 1.15. The molecule has 2 amide bonds. The van der Waals surface area contributed by atoms with E-state index in [1.807, 2.05) is 6.07 Å². The number of carbonyl (C=O) groups is 1. The Hall–Kier alpha value is -1.24. The smallest absolute Gasteiger partial charge is 0.315 e. The van der Waals surface area contributed by atoms with Crippen LogP contribution in [0.25, 0.3) is 0 Å². The van der Waals surface area contributed by atoms with Gasteiger partial charge in [-0.05, 0) is 11.8 Å².